The molecule has 0 amide bonds. The van der Waals surface area contributed by atoms with Gasteiger partial charge in [0.15, 0.2) is 0 Å². The summed E-state index contributed by atoms with van der Waals surface area (Å²) in [6, 6.07) is 0. The average molecular weight is 473 g/mol. The van der Waals surface area contributed by atoms with Crippen LogP contribution in [0.2, 0.25) is 0 Å². The molecule has 0 atom stereocenters. The molecule has 0 aliphatic carbocycles. The van der Waals surface area contributed by atoms with Gasteiger partial charge < -0.3 is 0 Å². The zero-order valence-corrected chi connectivity index (χ0v) is 23.4. The second-order valence-corrected chi connectivity index (χ2v) is 10.4. The van der Waals surface area contributed by atoms with Crippen LogP contribution in [0, 0.1) is 6.42 Å². The van der Waals surface area contributed by atoms with E-state index in [0.29, 0.717) is 0 Å². The lowest BCUT2D eigenvalue weighted by Crippen LogP contribution is -2.07. The van der Waals surface area contributed by atoms with Crippen molar-refractivity contribution in [1.82, 2.24) is 15.0 Å². The third-order valence-electron chi connectivity index (χ3n) is 7.01. The first-order valence-electron chi connectivity index (χ1n) is 15.3. The van der Waals surface area contributed by atoms with Crippen molar-refractivity contribution in [2.45, 2.75) is 175 Å². The van der Waals surface area contributed by atoms with Gasteiger partial charge in [0, 0.05) is 19.3 Å². The van der Waals surface area contributed by atoms with E-state index in [2.05, 4.69) is 23.8 Å². The Morgan fingerprint density at radius 1 is 0.412 bits per heavy atom. The molecule has 3 nitrogen and oxygen atoms in total. The lowest BCUT2D eigenvalue weighted by atomic mass is 10.0. The fraction of sp³-hybridized carbons (Fsp3) is 0.871. The summed E-state index contributed by atoms with van der Waals surface area (Å²) in [5, 5.41) is 0. The molecular formula is C31H58N3. The molecule has 1 aromatic heterocycles. The molecular weight excluding hydrogens is 414 g/mol. The fourth-order valence-electron chi connectivity index (χ4n) is 4.74. The Hall–Kier alpha value is -0.990. The topological polar surface area (TPSA) is 38.7 Å². The maximum absolute atomic E-state index is 4.80. The Morgan fingerprint density at radius 2 is 0.706 bits per heavy atom. The molecule has 0 fully saturated rings. The standard InChI is InChI=1S/C31H58N3/c1-4-7-9-11-13-15-17-19-21-23-25-27-30-32-29(6-3)33-31(34-30)28-26-24-22-20-18-16-14-12-10-8-5-2/h6H,4-5,7-28H2,1-3H3. The highest BCUT2D eigenvalue weighted by Gasteiger charge is 2.06. The molecule has 0 bridgehead atoms. The van der Waals surface area contributed by atoms with Gasteiger partial charge in [-0.1, -0.05) is 149 Å². The molecule has 1 radical (unpaired) electrons. The molecule has 0 unspecified atom stereocenters. The van der Waals surface area contributed by atoms with E-state index in [1.807, 2.05) is 13.3 Å². The van der Waals surface area contributed by atoms with Gasteiger partial charge in [0.05, 0.1) is 0 Å². The SMILES string of the molecule is C[CH]c1nc(CCCCCCCCCCCCC)nc(CCCCCCCCCCCCC)n1. The summed E-state index contributed by atoms with van der Waals surface area (Å²) in [5.74, 6) is 2.89. The molecule has 1 heterocycles. The van der Waals surface area contributed by atoms with E-state index in [0.717, 1.165) is 30.3 Å². The smallest absolute Gasteiger partial charge is 0.136 e. The van der Waals surface area contributed by atoms with Gasteiger partial charge in [0.1, 0.15) is 17.5 Å². The van der Waals surface area contributed by atoms with Crippen LogP contribution in [-0.4, -0.2) is 15.0 Å². The van der Waals surface area contributed by atoms with Gasteiger partial charge in [0.2, 0.25) is 0 Å². The van der Waals surface area contributed by atoms with Crippen molar-refractivity contribution < 1.29 is 0 Å². The van der Waals surface area contributed by atoms with Crippen LogP contribution < -0.4 is 0 Å². The van der Waals surface area contributed by atoms with Crippen molar-refractivity contribution in [2.24, 2.45) is 0 Å². The first-order valence-corrected chi connectivity index (χ1v) is 15.3. The molecule has 0 aliphatic rings. The summed E-state index contributed by atoms with van der Waals surface area (Å²) >= 11 is 0. The minimum Gasteiger partial charge on any atom is -0.218 e. The van der Waals surface area contributed by atoms with E-state index in [1.165, 1.54) is 141 Å². The van der Waals surface area contributed by atoms with Crippen LogP contribution in [0.3, 0.4) is 0 Å². The van der Waals surface area contributed by atoms with Crippen LogP contribution in [0.5, 0.6) is 0 Å². The van der Waals surface area contributed by atoms with Crippen LogP contribution in [0.1, 0.15) is 180 Å². The Kier molecular flexibility index (Phi) is 21.7. The van der Waals surface area contributed by atoms with Gasteiger partial charge in [-0.3, -0.25) is 0 Å². The number of nitrogens with zero attached hydrogens (tertiary/aromatic N) is 3. The van der Waals surface area contributed by atoms with Gasteiger partial charge in [0.25, 0.3) is 0 Å². The molecule has 0 N–H and O–H groups in total. The van der Waals surface area contributed by atoms with Gasteiger partial charge in [-0.05, 0) is 12.8 Å². The summed E-state index contributed by atoms with van der Waals surface area (Å²) in [6.07, 6.45) is 34.4. The van der Waals surface area contributed by atoms with Gasteiger partial charge in [-0.15, -0.1) is 0 Å². The van der Waals surface area contributed by atoms with Gasteiger partial charge in [-0.2, -0.15) is 0 Å². The zero-order valence-electron chi connectivity index (χ0n) is 23.4. The maximum atomic E-state index is 4.80. The highest BCUT2D eigenvalue weighted by Crippen LogP contribution is 2.14. The Bertz CT molecular complexity index is 513. The lowest BCUT2D eigenvalue weighted by Gasteiger charge is -2.07. The second kappa shape index (κ2) is 23.7. The number of rotatable bonds is 25. The van der Waals surface area contributed by atoms with Crippen molar-refractivity contribution in [3.05, 3.63) is 23.9 Å². The normalized spacial score (nSPS) is 11.4. The first kappa shape index (κ1) is 31.0. The molecule has 0 aromatic carbocycles. The van der Waals surface area contributed by atoms with Crippen molar-refractivity contribution in [1.29, 1.82) is 0 Å². The van der Waals surface area contributed by atoms with E-state index in [1.54, 1.807) is 0 Å². The molecule has 34 heavy (non-hydrogen) atoms. The van der Waals surface area contributed by atoms with Gasteiger partial charge in [-0.25, -0.2) is 15.0 Å². The van der Waals surface area contributed by atoms with E-state index < -0.39 is 0 Å². The second-order valence-electron chi connectivity index (χ2n) is 10.4. The molecule has 0 spiro atoms. The quantitative estimate of drug-likeness (QED) is 0.133. The van der Waals surface area contributed by atoms with E-state index in [-0.39, 0.29) is 0 Å². The van der Waals surface area contributed by atoms with Gasteiger partial charge >= 0.3 is 0 Å². The maximum Gasteiger partial charge on any atom is 0.136 e. The Morgan fingerprint density at radius 3 is 1.00 bits per heavy atom. The van der Waals surface area contributed by atoms with Crippen molar-refractivity contribution >= 4 is 0 Å². The molecule has 0 saturated carbocycles. The lowest BCUT2D eigenvalue weighted by molar-refractivity contribution is 0.544. The number of aromatic nitrogens is 3. The molecule has 0 saturated heterocycles. The number of hydrogen-bond acceptors (Lipinski definition) is 3. The summed E-state index contributed by atoms with van der Waals surface area (Å²) < 4.78 is 0. The summed E-state index contributed by atoms with van der Waals surface area (Å²) in [4.78, 5) is 14.1. The largest absolute Gasteiger partial charge is 0.218 e. The summed E-state index contributed by atoms with van der Waals surface area (Å²) in [6.45, 7) is 6.62. The average Bonchev–Trinajstić information content (AvgIpc) is 2.85. The minimum atomic E-state index is 0.867. The summed E-state index contributed by atoms with van der Waals surface area (Å²) in [7, 11) is 0. The monoisotopic (exact) mass is 472 g/mol. The molecule has 1 rings (SSSR count). The molecule has 197 valence electrons. The van der Waals surface area contributed by atoms with E-state index >= 15 is 0 Å². The number of aryl methyl sites for hydroxylation is 2. The first-order chi connectivity index (χ1) is 16.8. The number of unbranched alkanes of at least 4 members (excludes halogenated alkanes) is 20. The van der Waals surface area contributed by atoms with Crippen LogP contribution >= 0.6 is 0 Å². The molecule has 3 heteroatoms. The minimum absolute atomic E-state index is 0.867. The fourth-order valence-corrected chi connectivity index (χ4v) is 4.74. The summed E-state index contributed by atoms with van der Waals surface area (Å²) in [5.41, 5.74) is 0. The molecule has 0 aliphatic heterocycles. The van der Waals surface area contributed by atoms with Crippen LogP contribution in [0.25, 0.3) is 0 Å². The van der Waals surface area contributed by atoms with Crippen molar-refractivity contribution in [3.63, 3.8) is 0 Å². The predicted molar refractivity (Wildman–Crippen MR) is 149 cm³/mol. The highest BCUT2D eigenvalue weighted by atomic mass is 15.0. The van der Waals surface area contributed by atoms with E-state index in [4.69, 9.17) is 4.98 Å². The Balaban J connectivity index is 2.10. The third kappa shape index (κ3) is 18.4. The van der Waals surface area contributed by atoms with E-state index in [9.17, 15) is 0 Å². The molecule has 1 aromatic rings. The van der Waals surface area contributed by atoms with Crippen molar-refractivity contribution in [2.75, 3.05) is 0 Å². The third-order valence-corrected chi connectivity index (χ3v) is 7.01. The van der Waals surface area contributed by atoms with Crippen LogP contribution in [-0.2, 0) is 12.8 Å². The predicted octanol–water partition coefficient (Wildman–Crippen LogP) is 10.2. The Labute approximate surface area is 213 Å². The van der Waals surface area contributed by atoms with Crippen molar-refractivity contribution in [3.8, 4) is 0 Å². The van der Waals surface area contributed by atoms with Crippen LogP contribution in [0.15, 0.2) is 0 Å². The zero-order chi connectivity index (χ0) is 24.5. The van der Waals surface area contributed by atoms with Crippen LogP contribution in [0.4, 0.5) is 0 Å². The highest BCUT2D eigenvalue weighted by molar-refractivity contribution is 5.04. The number of hydrogen-bond donors (Lipinski definition) is 0.